The summed E-state index contributed by atoms with van der Waals surface area (Å²) in [4.78, 5) is 69.9. The molecule has 51 heavy (non-hydrogen) atoms. The molecule has 2 aromatic carbocycles. The fourth-order valence-corrected chi connectivity index (χ4v) is 6.57. The number of carbonyl (C=O) groups excluding carboxylic acids is 5. The van der Waals surface area contributed by atoms with Crippen LogP contribution in [0.1, 0.15) is 63.8 Å². The quantitative estimate of drug-likeness (QED) is 0.154. The van der Waals surface area contributed by atoms with Gasteiger partial charge in [-0.25, -0.2) is 0 Å². The van der Waals surface area contributed by atoms with Crippen molar-refractivity contribution in [1.82, 2.24) is 26.0 Å². The number of ether oxygens (including phenoxy) is 1. The lowest BCUT2D eigenvalue weighted by Gasteiger charge is -2.33. The zero-order valence-electron chi connectivity index (χ0n) is 29.5. The first kappa shape index (κ1) is 37.2. The summed E-state index contributed by atoms with van der Waals surface area (Å²) in [5.74, 6) is -2.46. The molecular weight excluding hydrogens is 654 g/mol. The molecule has 2 saturated heterocycles. The van der Waals surface area contributed by atoms with E-state index in [0.29, 0.717) is 19.4 Å². The van der Waals surface area contributed by atoms with Crippen LogP contribution in [0.15, 0.2) is 71.3 Å². The zero-order valence-corrected chi connectivity index (χ0v) is 29.5. The van der Waals surface area contributed by atoms with E-state index in [2.05, 4.69) is 25.6 Å². The van der Waals surface area contributed by atoms with E-state index in [1.54, 1.807) is 6.92 Å². The number of likely N-dealkylation sites (tertiary alicyclic amines) is 1. The van der Waals surface area contributed by atoms with Crippen LogP contribution in [0.5, 0.6) is 5.95 Å². The number of aromatic nitrogens is 1. The molecule has 2 aliphatic heterocycles. The maximum atomic E-state index is 14.1. The highest BCUT2D eigenvalue weighted by molar-refractivity contribution is 5.99. The molecule has 4 amide bonds. The molecule has 13 nitrogen and oxygen atoms in total. The van der Waals surface area contributed by atoms with Gasteiger partial charge < -0.3 is 35.2 Å². The molecule has 0 saturated carbocycles. The van der Waals surface area contributed by atoms with Crippen LogP contribution < -0.4 is 16.0 Å². The predicted molar refractivity (Wildman–Crippen MR) is 186 cm³/mol. The minimum Gasteiger partial charge on any atom is -0.479 e. The number of carbonyl (C=O) groups is 5. The molecule has 13 heteroatoms. The minimum absolute atomic E-state index is 0.111. The lowest BCUT2D eigenvalue weighted by Crippen LogP contribution is -2.57. The maximum absolute atomic E-state index is 14.1. The number of aryl methyl sites for hydroxylation is 1. The van der Waals surface area contributed by atoms with Crippen LogP contribution in [-0.2, 0) is 48.0 Å². The second kappa shape index (κ2) is 16.3. The Kier molecular flexibility index (Phi) is 11.9. The summed E-state index contributed by atoms with van der Waals surface area (Å²) in [6, 6.07) is 15.9. The van der Waals surface area contributed by atoms with Crippen molar-refractivity contribution in [3.63, 3.8) is 0 Å². The van der Waals surface area contributed by atoms with Crippen LogP contribution in [0.4, 0.5) is 0 Å². The van der Waals surface area contributed by atoms with Crippen LogP contribution in [0, 0.1) is 5.92 Å². The molecule has 0 bridgehead atoms. The van der Waals surface area contributed by atoms with E-state index in [1.165, 1.54) is 11.0 Å². The van der Waals surface area contributed by atoms with Crippen LogP contribution in [0.2, 0.25) is 0 Å². The number of rotatable bonds is 17. The van der Waals surface area contributed by atoms with Gasteiger partial charge in [-0.05, 0) is 56.6 Å². The van der Waals surface area contributed by atoms with Gasteiger partial charge in [0.25, 0.3) is 0 Å². The van der Waals surface area contributed by atoms with E-state index in [4.69, 9.17) is 4.74 Å². The van der Waals surface area contributed by atoms with Gasteiger partial charge in [0.05, 0.1) is 24.8 Å². The van der Waals surface area contributed by atoms with Gasteiger partial charge in [-0.15, -0.1) is 0 Å². The molecule has 5 rings (SSSR count). The third-order valence-corrected chi connectivity index (χ3v) is 9.37. The normalized spacial score (nSPS) is 21.5. The van der Waals surface area contributed by atoms with Crippen LogP contribution in [0.25, 0.3) is 0 Å². The lowest BCUT2D eigenvalue weighted by atomic mass is 9.92. The average molecular weight is 702 g/mol. The Morgan fingerprint density at radius 2 is 1.63 bits per heavy atom. The summed E-state index contributed by atoms with van der Waals surface area (Å²) in [5.41, 5.74) is 1.06. The van der Waals surface area contributed by atoms with Crippen molar-refractivity contribution in [2.45, 2.75) is 102 Å². The van der Waals surface area contributed by atoms with Crippen molar-refractivity contribution in [1.29, 1.82) is 0 Å². The Labute approximate surface area is 297 Å². The number of nitrogens with zero attached hydrogens (tertiary/aromatic N) is 2. The molecular formula is C38H47N5O8. The van der Waals surface area contributed by atoms with Crippen LogP contribution in [-0.4, -0.2) is 87.0 Å². The number of aromatic hydroxyl groups is 1. The first-order valence-electron chi connectivity index (χ1n) is 17.5. The number of amides is 4. The van der Waals surface area contributed by atoms with Crippen LogP contribution in [0.3, 0.4) is 0 Å². The highest BCUT2D eigenvalue weighted by atomic mass is 16.6. The van der Waals surface area contributed by atoms with E-state index >= 15 is 0 Å². The molecule has 2 fully saturated rings. The number of hydrogen-bond acceptors (Lipinski definition) is 9. The van der Waals surface area contributed by atoms with Crippen molar-refractivity contribution < 1.29 is 38.3 Å². The Morgan fingerprint density at radius 1 is 0.980 bits per heavy atom. The summed E-state index contributed by atoms with van der Waals surface area (Å²) >= 11 is 0. The van der Waals surface area contributed by atoms with E-state index in [9.17, 15) is 29.1 Å². The summed E-state index contributed by atoms with van der Waals surface area (Å²) in [7, 11) is 0. The molecule has 0 spiro atoms. The monoisotopic (exact) mass is 701 g/mol. The molecule has 272 valence electrons. The summed E-state index contributed by atoms with van der Waals surface area (Å²) in [6.45, 7) is 7.77. The molecule has 0 aliphatic carbocycles. The summed E-state index contributed by atoms with van der Waals surface area (Å²) < 4.78 is 10.0. The van der Waals surface area contributed by atoms with Crippen LogP contribution >= 0.6 is 0 Å². The predicted octanol–water partition coefficient (Wildman–Crippen LogP) is 2.65. The van der Waals surface area contributed by atoms with E-state index in [1.807, 2.05) is 81.4 Å². The van der Waals surface area contributed by atoms with Gasteiger partial charge in [0.15, 0.2) is 5.78 Å². The second-order valence-corrected chi connectivity index (χ2v) is 14.1. The number of benzene rings is 2. The fourth-order valence-electron chi connectivity index (χ4n) is 6.57. The molecule has 2 aliphatic rings. The molecule has 1 unspecified atom stereocenters. The standard InChI is InChI=1S/C38H47N5O8/c1-23(2)17-29(34(46)38(4)22-50-38)40-36(48)31(19-26-13-9-6-10-14-26)43-24(3)18-30(37(43)49)41-35(47)28(16-15-25-11-7-5-8-12-25)39-32(44)20-27-21-33(45)51-42-27/h5-14,21,23-24,28-31,45H,15-20,22H2,1-4H3,(H,39,44)(H,40,48)(H,41,47)/t24?,28-,29-,30-,31-,38+/m0/s1. The molecule has 4 N–H and O–H groups in total. The van der Waals surface area contributed by atoms with Gasteiger partial charge in [0.2, 0.25) is 23.6 Å². The number of epoxide rings is 1. The topological polar surface area (TPSA) is 183 Å². The smallest absolute Gasteiger partial charge is 0.308 e. The Morgan fingerprint density at radius 3 is 2.22 bits per heavy atom. The molecule has 6 atom stereocenters. The zero-order chi connectivity index (χ0) is 36.7. The van der Waals surface area contributed by atoms with Gasteiger partial charge in [0.1, 0.15) is 23.7 Å². The Bertz CT molecular complexity index is 1690. The highest BCUT2D eigenvalue weighted by Crippen LogP contribution is 2.30. The third-order valence-electron chi connectivity index (χ3n) is 9.37. The van der Waals surface area contributed by atoms with Crippen molar-refractivity contribution >= 4 is 29.4 Å². The van der Waals surface area contributed by atoms with Crippen molar-refractivity contribution in [3.8, 4) is 5.95 Å². The van der Waals surface area contributed by atoms with Crippen molar-refractivity contribution in [2.75, 3.05) is 6.61 Å². The molecule has 0 radical (unpaired) electrons. The summed E-state index contributed by atoms with van der Waals surface area (Å²) in [6.07, 6.45) is 1.35. The summed E-state index contributed by atoms with van der Waals surface area (Å²) in [5, 5.41) is 21.6. The number of nitrogens with one attached hydrogen (secondary N) is 3. The fraction of sp³-hybridized carbons (Fsp3) is 0.474. The first-order valence-corrected chi connectivity index (χ1v) is 17.5. The Hall–Kier alpha value is -5.04. The van der Waals surface area contributed by atoms with Crippen molar-refractivity contribution in [3.05, 3.63) is 83.6 Å². The van der Waals surface area contributed by atoms with Gasteiger partial charge in [-0.3, -0.25) is 24.0 Å². The Balaban J connectivity index is 1.33. The number of Topliss-reactive ketones (excluding diaryl/α,β-unsaturated/α-hetero) is 1. The molecule has 3 aromatic rings. The number of ketones is 1. The van der Waals surface area contributed by atoms with Crippen molar-refractivity contribution in [2.24, 2.45) is 5.92 Å². The SMILES string of the molecule is CC(C)C[C@H](NC(=O)[C@H](Cc1ccccc1)N1C(=O)[C@@H](NC(=O)[C@H](CCc2ccccc2)NC(=O)Cc2cc(O)on2)CC1C)C(=O)[C@@]1(C)CO1. The second-order valence-electron chi connectivity index (χ2n) is 14.1. The first-order chi connectivity index (χ1) is 24.3. The minimum atomic E-state index is -0.993. The van der Waals surface area contributed by atoms with Gasteiger partial charge in [-0.2, -0.15) is 0 Å². The van der Waals surface area contributed by atoms with Gasteiger partial charge >= 0.3 is 5.95 Å². The van der Waals surface area contributed by atoms with E-state index in [0.717, 1.165) is 11.1 Å². The lowest BCUT2D eigenvalue weighted by molar-refractivity contribution is -0.142. The molecule has 3 heterocycles. The van der Waals surface area contributed by atoms with Gasteiger partial charge in [-0.1, -0.05) is 79.7 Å². The largest absolute Gasteiger partial charge is 0.479 e. The number of hydrogen-bond donors (Lipinski definition) is 4. The molecule has 1 aromatic heterocycles. The highest BCUT2D eigenvalue weighted by Gasteiger charge is 2.51. The maximum Gasteiger partial charge on any atom is 0.308 e. The van der Waals surface area contributed by atoms with E-state index < -0.39 is 65.4 Å². The average Bonchev–Trinajstić information content (AvgIpc) is 3.63. The van der Waals surface area contributed by atoms with E-state index in [-0.39, 0.29) is 43.1 Å². The van der Waals surface area contributed by atoms with Gasteiger partial charge in [0, 0.05) is 18.5 Å². The third kappa shape index (κ3) is 9.81.